The van der Waals surface area contributed by atoms with E-state index in [1.54, 1.807) is 0 Å². The molecule has 4 aliphatic rings. The van der Waals surface area contributed by atoms with Gasteiger partial charge in [0, 0.05) is 18.7 Å². The van der Waals surface area contributed by atoms with Crippen molar-refractivity contribution in [3.05, 3.63) is 0 Å². The summed E-state index contributed by atoms with van der Waals surface area (Å²) in [4.78, 5) is 0. The lowest BCUT2D eigenvalue weighted by Crippen LogP contribution is -2.60. The van der Waals surface area contributed by atoms with Gasteiger partial charge in [0.15, 0.2) is 0 Å². The highest BCUT2D eigenvalue weighted by atomic mass is 16.5. The quantitative estimate of drug-likeness (QED) is 0.771. The van der Waals surface area contributed by atoms with E-state index < -0.39 is 0 Å². The Labute approximate surface area is 91.0 Å². The Morgan fingerprint density at radius 1 is 1.20 bits per heavy atom. The molecule has 85 valence electrons. The van der Waals surface area contributed by atoms with E-state index in [4.69, 9.17) is 5.11 Å². The van der Waals surface area contributed by atoms with Crippen molar-refractivity contribution >= 4 is 0 Å². The van der Waals surface area contributed by atoms with Gasteiger partial charge in [0.25, 0.3) is 0 Å². The highest BCUT2D eigenvalue weighted by molar-refractivity contribution is 5.04. The lowest BCUT2D eigenvalue weighted by Gasteiger charge is -2.59. The molecule has 0 spiro atoms. The zero-order valence-corrected chi connectivity index (χ0v) is 9.19. The Bertz CT molecular complexity index is 240. The fourth-order valence-electron chi connectivity index (χ4n) is 4.51. The van der Waals surface area contributed by atoms with Crippen LogP contribution in [0.1, 0.15) is 44.9 Å². The molecule has 2 atom stereocenters. The van der Waals surface area contributed by atoms with Crippen molar-refractivity contribution in [2.24, 2.45) is 11.3 Å². The van der Waals surface area contributed by atoms with Gasteiger partial charge < -0.3 is 5.11 Å². The lowest BCUT2D eigenvalue weighted by molar-refractivity contribution is -0.287. The van der Waals surface area contributed by atoms with Crippen LogP contribution in [-0.2, 0) is 5.21 Å². The van der Waals surface area contributed by atoms with Crippen molar-refractivity contribution in [1.82, 2.24) is 5.06 Å². The second kappa shape index (κ2) is 3.44. The number of hydroxylamine groups is 2. The van der Waals surface area contributed by atoms with E-state index in [-0.39, 0.29) is 0 Å². The van der Waals surface area contributed by atoms with Crippen LogP contribution in [0.5, 0.6) is 0 Å². The number of piperidine rings is 2. The molecule has 15 heavy (non-hydrogen) atoms. The minimum Gasteiger partial charge on any atom is -0.396 e. The van der Waals surface area contributed by atoms with Crippen LogP contribution in [0, 0.1) is 11.3 Å². The smallest absolute Gasteiger partial charge is 0.0431 e. The molecule has 2 unspecified atom stereocenters. The van der Waals surface area contributed by atoms with Gasteiger partial charge in [0.2, 0.25) is 0 Å². The van der Waals surface area contributed by atoms with Gasteiger partial charge in [0.05, 0.1) is 0 Å². The van der Waals surface area contributed by atoms with Crippen LogP contribution in [-0.4, -0.2) is 28.9 Å². The minimum absolute atomic E-state index is 0.308. The summed E-state index contributed by atoms with van der Waals surface area (Å²) in [6, 6.07) is 0.630. The molecule has 4 rings (SSSR count). The molecule has 0 amide bonds. The van der Waals surface area contributed by atoms with E-state index in [1.165, 1.54) is 11.5 Å². The predicted octanol–water partition coefficient (Wildman–Crippen LogP) is 1.74. The third-order valence-corrected chi connectivity index (χ3v) is 4.85. The maximum atomic E-state index is 11.9. The Morgan fingerprint density at radius 3 is 2.47 bits per heavy atom. The monoisotopic (exact) mass is 210 g/mol. The molecule has 0 aromatic carbocycles. The summed E-state index contributed by atoms with van der Waals surface area (Å²) in [6.45, 7) is 0.308. The van der Waals surface area contributed by atoms with Gasteiger partial charge in [-0.3, -0.25) is 0 Å². The molecule has 0 aromatic heterocycles. The Balaban J connectivity index is 1.77. The first-order chi connectivity index (χ1) is 7.22. The fourth-order valence-corrected chi connectivity index (χ4v) is 4.51. The van der Waals surface area contributed by atoms with Crippen LogP contribution in [0.2, 0.25) is 0 Å². The van der Waals surface area contributed by atoms with Gasteiger partial charge in [-0.2, -0.15) is 0 Å². The Morgan fingerprint density at radius 2 is 1.87 bits per heavy atom. The van der Waals surface area contributed by atoms with Crippen LogP contribution in [0.25, 0.3) is 0 Å². The van der Waals surface area contributed by atoms with Crippen LogP contribution >= 0.6 is 0 Å². The van der Waals surface area contributed by atoms with Crippen molar-refractivity contribution < 1.29 is 10.3 Å². The number of aliphatic hydroxyl groups excluding tert-OH is 1. The van der Waals surface area contributed by atoms with Gasteiger partial charge in [-0.15, -0.1) is 10.3 Å². The van der Waals surface area contributed by atoms with Crippen LogP contribution in [0.3, 0.4) is 0 Å². The molecule has 1 N–H and O–H groups in total. The van der Waals surface area contributed by atoms with Gasteiger partial charge >= 0.3 is 0 Å². The van der Waals surface area contributed by atoms with Gasteiger partial charge in [0.1, 0.15) is 0 Å². The molecule has 3 nitrogen and oxygen atoms in total. The highest BCUT2D eigenvalue weighted by Crippen LogP contribution is 2.57. The van der Waals surface area contributed by atoms with Gasteiger partial charge in [-0.05, 0) is 56.3 Å². The van der Waals surface area contributed by atoms with Gasteiger partial charge in [-0.1, -0.05) is 0 Å². The molecule has 4 fully saturated rings. The second-order valence-corrected chi connectivity index (χ2v) is 5.94. The maximum absolute atomic E-state index is 11.9. The summed E-state index contributed by atoms with van der Waals surface area (Å²) in [7, 11) is 0. The summed E-state index contributed by atoms with van der Waals surface area (Å²) in [5.74, 6) is 0.811. The summed E-state index contributed by atoms with van der Waals surface area (Å²) < 4.78 is 0. The SMILES string of the molecule is [O]N1C2CC3CC1CC(CCCO)(C3)C2. The average molecular weight is 210 g/mol. The lowest BCUT2D eigenvalue weighted by atomic mass is 9.54. The van der Waals surface area contributed by atoms with Crippen LogP contribution in [0.15, 0.2) is 0 Å². The highest BCUT2D eigenvalue weighted by Gasteiger charge is 2.54. The number of nitrogens with zero attached hydrogens (tertiary/aromatic N) is 1. The first kappa shape index (κ1) is 10.1. The van der Waals surface area contributed by atoms with E-state index in [0.717, 1.165) is 44.4 Å². The standard InChI is InChI=1S/C12H20NO2/c14-3-1-2-12-6-9-4-10(7-12)13(15)11(5-9)8-12/h9-11,14H,1-8H2. The van der Waals surface area contributed by atoms with E-state index in [9.17, 15) is 5.21 Å². The van der Waals surface area contributed by atoms with E-state index in [2.05, 4.69) is 0 Å². The summed E-state index contributed by atoms with van der Waals surface area (Å²) in [5, 5.41) is 22.2. The number of rotatable bonds is 3. The Kier molecular flexibility index (Phi) is 2.31. The molecule has 2 aliphatic carbocycles. The molecule has 0 aromatic rings. The zero-order valence-electron chi connectivity index (χ0n) is 9.19. The second-order valence-electron chi connectivity index (χ2n) is 5.94. The summed E-state index contributed by atoms with van der Waals surface area (Å²) in [5.41, 5.74) is 0.431. The number of aliphatic hydroxyl groups is 1. The molecule has 2 heterocycles. The molecule has 2 saturated heterocycles. The average Bonchev–Trinajstić information content (AvgIpc) is 2.22. The van der Waals surface area contributed by atoms with Crippen molar-refractivity contribution in [2.45, 2.75) is 57.0 Å². The third kappa shape index (κ3) is 1.52. The largest absolute Gasteiger partial charge is 0.396 e. The van der Waals surface area contributed by atoms with E-state index in [1.807, 2.05) is 0 Å². The predicted molar refractivity (Wildman–Crippen MR) is 55.4 cm³/mol. The number of hydrogen-bond donors (Lipinski definition) is 1. The van der Waals surface area contributed by atoms with Crippen molar-refractivity contribution in [3.8, 4) is 0 Å². The molecular weight excluding hydrogens is 190 g/mol. The van der Waals surface area contributed by atoms with Crippen molar-refractivity contribution in [1.29, 1.82) is 0 Å². The molecule has 4 bridgehead atoms. The van der Waals surface area contributed by atoms with E-state index >= 15 is 0 Å². The van der Waals surface area contributed by atoms with Crippen LogP contribution < -0.4 is 0 Å². The van der Waals surface area contributed by atoms with E-state index in [0.29, 0.717) is 24.1 Å². The molecule has 2 saturated carbocycles. The van der Waals surface area contributed by atoms with Crippen LogP contribution in [0.4, 0.5) is 0 Å². The third-order valence-electron chi connectivity index (χ3n) is 4.85. The van der Waals surface area contributed by atoms with Crippen molar-refractivity contribution in [3.63, 3.8) is 0 Å². The molecule has 3 heteroatoms. The topological polar surface area (TPSA) is 43.4 Å². The summed E-state index contributed by atoms with van der Waals surface area (Å²) >= 11 is 0. The number of hydrogen-bond acceptors (Lipinski definition) is 2. The maximum Gasteiger partial charge on any atom is 0.0431 e. The molecular formula is C12H20NO2. The fraction of sp³-hybridized carbons (Fsp3) is 1.00. The Hall–Kier alpha value is -0.120. The zero-order chi connectivity index (χ0) is 10.5. The first-order valence-corrected chi connectivity index (χ1v) is 6.29. The summed E-state index contributed by atoms with van der Waals surface area (Å²) in [6.07, 6.45) is 7.87. The van der Waals surface area contributed by atoms with Crippen molar-refractivity contribution in [2.75, 3.05) is 6.61 Å². The normalized spacial score (nSPS) is 48.8. The minimum atomic E-state index is 0.308. The van der Waals surface area contributed by atoms with Gasteiger partial charge in [-0.25, -0.2) is 0 Å². The molecule has 2 aliphatic heterocycles. The first-order valence-electron chi connectivity index (χ1n) is 6.29. The molecule has 1 radical (unpaired) electrons.